The second kappa shape index (κ2) is 11.3. The van der Waals surface area contributed by atoms with Gasteiger partial charge in [0.25, 0.3) is 0 Å². The monoisotopic (exact) mass is 584 g/mol. The SMILES string of the molecule is C=C(c1ccc(Cl)cc1)[C@@H]1CO[C@@]2(CC[C@@]3(C)[C@H](CC[C@@H]4[C@@H]3CC[C@]3(C)[C@@H]([C@H](C)CCC(=O)OC)CC[C@@H]43)C2)OO1. The molecule has 6 heteroatoms. The molecule has 0 unspecified atom stereocenters. The number of fused-ring (bicyclic) bond motifs is 5. The van der Waals surface area contributed by atoms with E-state index in [0.29, 0.717) is 40.7 Å². The van der Waals surface area contributed by atoms with Crippen LogP contribution < -0.4 is 0 Å². The molecule has 5 aliphatic rings. The number of ether oxygens (including phenoxy) is 2. The fourth-order valence-electron chi connectivity index (χ4n) is 10.5. The first kappa shape index (κ1) is 29.7. The largest absolute Gasteiger partial charge is 0.469 e. The summed E-state index contributed by atoms with van der Waals surface area (Å²) in [5.41, 5.74) is 2.59. The Balaban J connectivity index is 1.09. The molecule has 0 amide bonds. The predicted octanol–water partition coefficient (Wildman–Crippen LogP) is 8.64. The molecule has 0 radical (unpaired) electrons. The van der Waals surface area contributed by atoms with E-state index in [9.17, 15) is 4.79 Å². The minimum absolute atomic E-state index is 0.0695. The van der Waals surface area contributed by atoms with Crippen LogP contribution in [0, 0.1) is 46.3 Å². The first-order valence-corrected chi connectivity index (χ1v) is 16.5. The number of hydrogen-bond donors (Lipinski definition) is 0. The molecule has 1 aliphatic heterocycles. The van der Waals surface area contributed by atoms with Crippen molar-refractivity contribution in [3.05, 3.63) is 41.4 Å². The molecule has 1 saturated heterocycles. The Kier molecular flexibility index (Phi) is 8.15. The van der Waals surface area contributed by atoms with E-state index in [1.54, 1.807) is 0 Å². The summed E-state index contributed by atoms with van der Waals surface area (Å²) in [4.78, 5) is 24.0. The van der Waals surface area contributed by atoms with Crippen LogP contribution in [0.1, 0.15) is 97.0 Å². The van der Waals surface area contributed by atoms with Gasteiger partial charge in [-0.1, -0.05) is 51.1 Å². The lowest BCUT2D eigenvalue weighted by Crippen LogP contribution is -2.58. The zero-order chi connectivity index (χ0) is 29.0. The van der Waals surface area contributed by atoms with Gasteiger partial charge in [0.1, 0.15) is 6.10 Å². The lowest BCUT2D eigenvalue weighted by atomic mass is 9.44. The maximum atomic E-state index is 11.8. The van der Waals surface area contributed by atoms with E-state index in [1.807, 2.05) is 24.3 Å². The molecule has 0 aromatic heterocycles. The number of carbonyl (C=O) groups excluding carboxylic acids is 1. The highest BCUT2D eigenvalue weighted by Gasteiger charge is 2.62. The molecule has 226 valence electrons. The Bertz CT molecular complexity index is 1130. The Labute approximate surface area is 251 Å². The fourth-order valence-corrected chi connectivity index (χ4v) is 10.6. The van der Waals surface area contributed by atoms with Crippen molar-refractivity contribution in [1.82, 2.24) is 0 Å². The highest BCUT2D eigenvalue weighted by molar-refractivity contribution is 6.30. The van der Waals surface area contributed by atoms with Gasteiger partial charge in [-0.3, -0.25) is 4.79 Å². The van der Waals surface area contributed by atoms with Gasteiger partial charge in [-0.05, 0) is 121 Å². The van der Waals surface area contributed by atoms with E-state index in [2.05, 4.69) is 27.4 Å². The summed E-state index contributed by atoms with van der Waals surface area (Å²) in [7, 11) is 1.50. The Morgan fingerprint density at radius 3 is 2.51 bits per heavy atom. The summed E-state index contributed by atoms with van der Waals surface area (Å²) in [5.74, 6) is 3.59. The number of rotatable bonds is 6. The van der Waals surface area contributed by atoms with E-state index in [-0.39, 0.29) is 12.1 Å². The highest BCUT2D eigenvalue weighted by Crippen LogP contribution is 2.69. The summed E-state index contributed by atoms with van der Waals surface area (Å²) in [6.45, 7) is 12.3. The molecule has 4 saturated carbocycles. The van der Waals surface area contributed by atoms with Crippen molar-refractivity contribution in [2.75, 3.05) is 13.7 Å². The fraction of sp³-hybridized carbons (Fsp3) is 0.743. The lowest BCUT2D eigenvalue weighted by molar-refractivity contribution is -0.489. The zero-order valence-corrected chi connectivity index (χ0v) is 26.2. The van der Waals surface area contributed by atoms with E-state index in [4.69, 9.17) is 30.8 Å². The number of methoxy groups -OCH3 is 1. The van der Waals surface area contributed by atoms with Gasteiger partial charge in [-0.25, -0.2) is 9.78 Å². The van der Waals surface area contributed by atoms with E-state index in [0.717, 1.165) is 60.5 Å². The van der Waals surface area contributed by atoms with Crippen LogP contribution >= 0.6 is 11.6 Å². The number of halogens is 1. The van der Waals surface area contributed by atoms with Crippen LogP contribution in [0.2, 0.25) is 5.02 Å². The molecular formula is C35H49ClO5. The minimum Gasteiger partial charge on any atom is -0.469 e. The Morgan fingerprint density at radius 1 is 1.05 bits per heavy atom. The van der Waals surface area contributed by atoms with Gasteiger partial charge in [-0.2, -0.15) is 0 Å². The van der Waals surface area contributed by atoms with Gasteiger partial charge in [0, 0.05) is 24.3 Å². The third-order valence-electron chi connectivity index (χ3n) is 12.9. The van der Waals surface area contributed by atoms with Crippen LogP contribution in [-0.2, 0) is 24.0 Å². The summed E-state index contributed by atoms with van der Waals surface area (Å²) < 4.78 is 11.5. The molecular weight excluding hydrogens is 536 g/mol. The molecule has 41 heavy (non-hydrogen) atoms. The van der Waals surface area contributed by atoms with Crippen LogP contribution in [-0.4, -0.2) is 31.6 Å². The average Bonchev–Trinajstić information content (AvgIpc) is 3.34. The summed E-state index contributed by atoms with van der Waals surface area (Å²) in [6, 6.07) is 7.68. The molecule has 0 bridgehead atoms. The van der Waals surface area contributed by atoms with Gasteiger partial charge in [0.15, 0.2) is 0 Å². The molecule has 0 N–H and O–H groups in total. The highest BCUT2D eigenvalue weighted by atomic mass is 35.5. The minimum atomic E-state index is -0.634. The van der Waals surface area contributed by atoms with Crippen molar-refractivity contribution in [3.63, 3.8) is 0 Å². The van der Waals surface area contributed by atoms with Gasteiger partial charge >= 0.3 is 5.97 Å². The van der Waals surface area contributed by atoms with Crippen molar-refractivity contribution < 1.29 is 24.0 Å². The first-order chi connectivity index (χ1) is 19.6. The predicted molar refractivity (Wildman–Crippen MR) is 161 cm³/mol. The maximum absolute atomic E-state index is 11.8. The normalized spacial score (nSPS) is 42.6. The Hall–Kier alpha value is -1.40. The number of benzene rings is 1. The molecule has 1 spiro atoms. The molecule has 5 nitrogen and oxygen atoms in total. The number of carbonyl (C=O) groups is 1. The van der Waals surface area contributed by atoms with Crippen molar-refractivity contribution in [2.24, 2.45) is 46.3 Å². The number of hydrogen-bond acceptors (Lipinski definition) is 5. The van der Waals surface area contributed by atoms with Crippen molar-refractivity contribution >= 4 is 23.1 Å². The van der Waals surface area contributed by atoms with Crippen molar-refractivity contribution in [2.45, 2.75) is 103 Å². The Morgan fingerprint density at radius 2 is 1.80 bits per heavy atom. The second-order valence-electron chi connectivity index (χ2n) is 14.6. The van der Waals surface area contributed by atoms with Crippen molar-refractivity contribution in [3.8, 4) is 0 Å². The molecule has 10 atom stereocenters. The van der Waals surface area contributed by atoms with Gasteiger partial charge < -0.3 is 9.47 Å². The van der Waals surface area contributed by atoms with Crippen LogP contribution in [0.15, 0.2) is 30.8 Å². The third-order valence-corrected chi connectivity index (χ3v) is 13.1. The molecule has 1 heterocycles. The average molecular weight is 585 g/mol. The van der Waals surface area contributed by atoms with E-state index >= 15 is 0 Å². The van der Waals surface area contributed by atoms with Gasteiger partial charge in [-0.15, -0.1) is 0 Å². The summed E-state index contributed by atoms with van der Waals surface area (Å²) >= 11 is 6.06. The standard InChI is InChI=1S/C35H49ClO5/c1-22(6-15-32(37)38-5)28-13-14-29-27-12-9-25-20-35(19-18-33(25,3)30(27)16-17-34(28,29)4)39-21-31(40-41-35)23(2)24-7-10-26(36)11-8-24/h7-8,10-11,22,25,27-31H,2,6,9,12-21H2,1,3-5H3/t22-,25-,27+,28-,29+,30+,31+,33+,34-,35+/m1/s1. The van der Waals surface area contributed by atoms with Crippen LogP contribution in [0.25, 0.3) is 5.57 Å². The topological polar surface area (TPSA) is 54.0 Å². The third kappa shape index (κ3) is 5.21. The smallest absolute Gasteiger partial charge is 0.305 e. The molecule has 5 fully saturated rings. The summed E-state index contributed by atoms with van der Waals surface area (Å²) in [6.07, 6.45) is 12.0. The molecule has 1 aromatic carbocycles. The lowest BCUT2D eigenvalue weighted by Gasteiger charge is -2.62. The van der Waals surface area contributed by atoms with Gasteiger partial charge in [0.05, 0.1) is 13.7 Å². The zero-order valence-electron chi connectivity index (χ0n) is 25.5. The molecule has 1 aromatic rings. The summed E-state index contributed by atoms with van der Waals surface area (Å²) in [5, 5.41) is 0.707. The maximum Gasteiger partial charge on any atom is 0.305 e. The quantitative estimate of drug-likeness (QED) is 0.247. The van der Waals surface area contributed by atoms with Crippen LogP contribution in [0.4, 0.5) is 0 Å². The molecule has 4 aliphatic carbocycles. The number of esters is 1. The van der Waals surface area contributed by atoms with E-state index < -0.39 is 5.79 Å². The first-order valence-electron chi connectivity index (χ1n) is 16.1. The van der Waals surface area contributed by atoms with Gasteiger partial charge in [0.2, 0.25) is 5.79 Å². The second-order valence-corrected chi connectivity index (χ2v) is 15.0. The van der Waals surface area contributed by atoms with Crippen LogP contribution in [0.3, 0.4) is 0 Å². The van der Waals surface area contributed by atoms with Crippen LogP contribution in [0.5, 0.6) is 0 Å². The molecule has 6 rings (SSSR count). The van der Waals surface area contributed by atoms with Crippen molar-refractivity contribution in [1.29, 1.82) is 0 Å². The van der Waals surface area contributed by atoms with E-state index in [1.165, 1.54) is 45.6 Å².